The summed E-state index contributed by atoms with van der Waals surface area (Å²) < 4.78 is 1.92. The Labute approximate surface area is 82.8 Å². The third kappa shape index (κ3) is 1.57. The summed E-state index contributed by atoms with van der Waals surface area (Å²) in [5.41, 5.74) is 7.68. The quantitative estimate of drug-likeness (QED) is 0.681. The number of hydrogen-bond acceptors (Lipinski definition) is 2. The van der Waals surface area contributed by atoms with Crippen molar-refractivity contribution in [3.63, 3.8) is 0 Å². The molecule has 2 N–H and O–H groups in total. The number of nitrogens with two attached hydrogens (primary N) is 1. The van der Waals surface area contributed by atoms with Gasteiger partial charge in [-0.3, -0.25) is 0 Å². The predicted octanol–water partition coefficient (Wildman–Crippen LogP) is 1.25. The van der Waals surface area contributed by atoms with Gasteiger partial charge in [0.05, 0.1) is 12.4 Å². The molecule has 2 aromatic rings. The van der Waals surface area contributed by atoms with E-state index in [0.29, 0.717) is 5.69 Å². The molecule has 0 spiro atoms. The highest BCUT2D eigenvalue weighted by atomic mass is 15.0. The summed E-state index contributed by atoms with van der Waals surface area (Å²) in [5, 5.41) is 0. The van der Waals surface area contributed by atoms with E-state index in [0.717, 1.165) is 5.82 Å². The maximum Gasteiger partial charge on any atom is 0.350 e. The van der Waals surface area contributed by atoms with Crippen LogP contribution in [0.2, 0.25) is 0 Å². The number of hydrogen-bond donors (Lipinski definition) is 1. The van der Waals surface area contributed by atoms with E-state index >= 15 is 0 Å². The van der Waals surface area contributed by atoms with Gasteiger partial charge in [0.15, 0.2) is 0 Å². The average Bonchev–Trinajstić information content (AvgIpc) is 2.18. The molecule has 0 aliphatic rings. The molecule has 3 nitrogen and oxygen atoms in total. The fourth-order valence-corrected chi connectivity index (χ4v) is 1.35. The van der Waals surface area contributed by atoms with Crippen molar-refractivity contribution in [2.75, 3.05) is 5.73 Å². The Kier molecular flexibility index (Phi) is 2.14. The van der Waals surface area contributed by atoms with Crippen LogP contribution in [-0.4, -0.2) is 4.98 Å². The molecule has 0 bridgehead atoms. The molecule has 0 radical (unpaired) electrons. The van der Waals surface area contributed by atoms with Crippen LogP contribution in [0, 0.1) is 6.92 Å². The van der Waals surface area contributed by atoms with Gasteiger partial charge in [-0.15, -0.1) is 0 Å². The summed E-state index contributed by atoms with van der Waals surface area (Å²) >= 11 is 0. The average molecular weight is 186 g/mol. The SMILES string of the molecule is Cc1ccc[n+](-c2ncccc2N)c1. The van der Waals surface area contributed by atoms with Gasteiger partial charge in [0.25, 0.3) is 0 Å². The van der Waals surface area contributed by atoms with Crippen LogP contribution in [0.25, 0.3) is 5.82 Å². The monoisotopic (exact) mass is 186 g/mol. The van der Waals surface area contributed by atoms with E-state index in [1.54, 1.807) is 6.20 Å². The first-order valence-electron chi connectivity index (χ1n) is 4.46. The number of pyridine rings is 2. The van der Waals surface area contributed by atoms with Gasteiger partial charge < -0.3 is 5.73 Å². The van der Waals surface area contributed by atoms with Gasteiger partial charge in [-0.2, -0.15) is 0 Å². The fourth-order valence-electron chi connectivity index (χ4n) is 1.35. The molecular formula is C11H12N3+. The number of aryl methyl sites for hydroxylation is 1. The second-order valence-corrected chi connectivity index (χ2v) is 3.20. The minimum atomic E-state index is 0.683. The number of anilines is 1. The van der Waals surface area contributed by atoms with Crippen molar-refractivity contribution in [3.05, 3.63) is 48.4 Å². The maximum atomic E-state index is 5.82. The summed E-state index contributed by atoms with van der Waals surface area (Å²) in [4.78, 5) is 4.23. The molecule has 70 valence electrons. The highest BCUT2D eigenvalue weighted by Crippen LogP contribution is 2.06. The van der Waals surface area contributed by atoms with Crippen LogP contribution in [0.1, 0.15) is 5.56 Å². The molecule has 14 heavy (non-hydrogen) atoms. The Morgan fingerprint density at radius 2 is 2.14 bits per heavy atom. The zero-order valence-corrected chi connectivity index (χ0v) is 8.01. The smallest absolute Gasteiger partial charge is 0.350 e. The third-order valence-corrected chi connectivity index (χ3v) is 2.01. The van der Waals surface area contributed by atoms with Crippen molar-refractivity contribution < 1.29 is 4.57 Å². The number of nitrogen functional groups attached to an aromatic ring is 1. The van der Waals surface area contributed by atoms with Gasteiger partial charge in [0.1, 0.15) is 11.9 Å². The summed E-state index contributed by atoms with van der Waals surface area (Å²) in [6.45, 7) is 2.04. The molecule has 0 saturated carbocycles. The van der Waals surface area contributed by atoms with Crippen LogP contribution >= 0.6 is 0 Å². The van der Waals surface area contributed by atoms with Crippen LogP contribution in [0.5, 0.6) is 0 Å². The van der Waals surface area contributed by atoms with E-state index in [9.17, 15) is 0 Å². The molecule has 2 heterocycles. The molecule has 0 unspecified atom stereocenters. The second-order valence-electron chi connectivity index (χ2n) is 3.20. The topological polar surface area (TPSA) is 42.8 Å². The van der Waals surface area contributed by atoms with Crippen LogP contribution in [0.15, 0.2) is 42.9 Å². The van der Waals surface area contributed by atoms with Gasteiger partial charge in [-0.05, 0) is 35.7 Å². The van der Waals surface area contributed by atoms with E-state index in [1.165, 1.54) is 5.56 Å². The zero-order valence-electron chi connectivity index (χ0n) is 8.01. The molecule has 0 saturated heterocycles. The molecule has 2 aromatic heterocycles. The molecule has 0 fully saturated rings. The Morgan fingerprint density at radius 1 is 1.29 bits per heavy atom. The minimum Gasteiger partial charge on any atom is -0.392 e. The lowest BCUT2D eigenvalue weighted by Gasteiger charge is -1.98. The van der Waals surface area contributed by atoms with Crippen molar-refractivity contribution in [1.29, 1.82) is 0 Å². The number of nitrogens with zero attached hydrogens (tertiary/aromatic N) is 2. The minimum absolute atomic E-state index is 0.683. The van der Waals surface area contributed by atoms with Crippen LogP contribution in [0.3, 0.4) is 0 Å². The van der Waals surface area contributed by atoms with Gasteiger partial charge in [-0.25, -0.2) is 4.57 Å². The highest BCUT2D eigenvalue weighted by molar-refractivity contribution is 5.47. The summed E-state index contributed by atoms with van der Waals surface area (Å²) in [6, 6.07) is 7.69. The fraction of sp³-hybridized carbons (Fsp3) is 0.0909. The first kappa shape index (κ1) is 8.69. The molecule has 0 aliphatic carbocycles. The van der Waals surface area contributed by atoms with Gasteiger partial charge in [0.2, 0.25) is 0 Å². The Morgan fingerprint density at radius 3 is 2.86 bits per heavy atom. The first-order chi connectivity index (χ1) is 6.77. The van der Waals surface area contributed by atoms with Gasteiger partial charge in [-0.1, -0.05) is 6.07 Å². The molecule has 2 rings (SSSR count). The van der Waals surface area contributed by atoms with Gasteiger partial charge >= 0.3 is 5.82 Å². The lowest BCUT2D eigenvalue weighted by Crippen LogP contribution is -2.32. The molecule has 0 atom stereocenters. The molecular weight excluding hydrogens is 174 g/mol. The molecule has 3 heteroatoms. The maximum absolute atomic E-state index is 5.82. The summed E-state index contributed by atoms with van der Waals surface area (Å²) in [7, 11) is 0. The Hall–Kier alpha value is -1.90. The van der Waals surface area contributed by atoms with Crippen molar-refractivity contribution in [2.24, 2.45) is 0 Å². The summed E-state index contributed by atoms with van der Waals surface area (Å²) in [5.74, 6) is 0.774. The van der Waals surface area contributed by atoms with Crippen LogP contribution in [-0.2, 0) is 0 Å². The zero-order chi connectivity index (χ0) is 9.97. The van der Waals surface area contributed by atoms with E-state index < -0.39 is 0 Å². The van der Waals surface area contributed by atoms with Gasteiger partial charge in [0, 0.05) is 0 Å². The van der Waals surface area contributed by atoms with Crippen molar-refractivity contribution in [2.45, 2.75) is 6.92 Å². The lowest BCUT2D eigenvalue weighted by atomic mass is 10.3. The molecule has 0 aliphatic heterocycles. The van der Waals surface area contributed by atoms with Crippen LogP contribution < -0.4 is 10.3 Å². The van der Waals surface area contributed by atoms with E-state index in [1.807, 2.05) is 48.1 Å². The normalized spacial score (nSPS) is 10.1. The summed E-state index contributed by atoms with van der Waals surface area (Å²) in [6.07, 6.45) is 5.67. The predicted molar refractivity (Wildman–Crippen MR) is 54.9 cm³/mol. The van der Waals surface area contributed by atoms with E-state index in [2.05, 4.69) is 4.98 Å². The standard InChI is InChI=1S/C11H12N3/c1-9-4-3-7-14(8-9)11-10(12)5-2-6-13-11/h2-8H,12H2,1H3/q+1. The number of rotatable bonds is 1. The highest BCUT2D eigenvalue weighted by Gasteiger charge is 2.10. The second kappa shape index (κ2) is 3.46. The van der Waals surface area contributed by atoms with Crippen molar-refractivity contribution in [1.82, 2.24) is 4.98 Å². The third-order valence-electron chi connectivity index (χ3n) is 2.01. The van der Waals surface area contributed by atoms with E-state index in [-0.39, 0.29) is 0 Å². The van der Waals surface area contributed by atoms with Crippen molar-refractivity contribution >= 4 is 5.69 Å². The largest absolute Gasteiger partial charge is 0.392 e. The van der Waals surface area contributed by atoms with Crippen LogP contribution in [0.4, 0.5) is 5.69 Å². The molecule has 0 amide bonds. The van der Waals surface area contributed by atoms with E-state index in [4.69, 9.17) is 5.73 Å². The Bertz CT molecular complexity index is 452. The van der Waals surface area contributed by atoms with Crippen molar-refractivity contribution in [3.8, 4) is 5.82 Å². The Balaban J connectivity index is 2.55. The molecule has 0 aromatic carbocycles. The lowest BCUT2D eigenvalue weighted by molar-refractivity contribution is -0.599. The first-order valence-corrected chi connectivity index (χ1v) is 4.46. The number of aromatic nitrogens is 2.